The fraction of sp³-hybridized carbons (Fsp3) is 0.429. The second-order valence-electron chi connectivity index (χ2n) is 4.92. The van der Waals surface area contributed by atoms with Gasteiger partial charge >= 0.3 is 12.0 Å². The lowest BCUT2D eigenvalue weighted by molar-refractivity contribution is 0.0544. The Hall–Kier alpha value is -2.28. The van der Waals surface area contributed by atoms with Crippen LogP contribution in [0.1, 0.15) is 23.2 Å². The number of aromatic hydroxyl groups is 1. The van der Waals surface area contributed by atoms with E-state index in [4.69, 9.17) is 9.84 Å². The van der Waals surface area contributed by atoms with E-state index in [1.807, 2.05) is 0 Å². The molecule has 1 fully saturated rings. The Bertz CT molecular complexity index is 540. The Kier molecular flexibility index (Phi) is 4.64. The van der Waals surface area contributed by atoms with E-state index in [9.17, 15) is 14.7 Å². The number of carbonyl (C=O) groups is 2. The maximum atomic E-state index is 12.1. The van der Waals surface area contributed by atoms with Gasteiger partial charge in [-0.15, -0.1) is 0 Å². The molecule has 1 heterocycles. The number of hydrogen-bond donors (Lipinski definition) is 3. The third-order valence-corrected chi connectivity index (χ3v) is 3.54. The molecule has 1 aromatic carbocycles. The first-order valence-electron chi connectivity index (χ1n) is 6.67. The number of carbonyl (C=O) groups excluding carboxylic acids is 1. The Morgan fingerprint density at radius 2 is 2.00 bits per heavy atom. The second kappa shape index (κ2) is 6.45. The molecule has 0 saturated carbocycles. The van der Waals surface area contributed by atoms with Gasteiger partial charge in [0, 0.05) is 38.1 Å². The number of carboxylic acid groups (broad SMARTS) is 1. The van der Waals surface area contributed by atoms with Gasteiger partial charge in [-0.05, 0) is 25.0 Å². The minimum atomic E-state index is -1.22. The highest BCUT2D eigenvalue weighted by Gasteiger charge is 2.22. The number of carboxylic acids is 1. The van der Waals surface area contributed by atoms with Crippen molar-refractivity contribution in [3.05, 3.63) is 23.8 Å². The lowest BCUT2D eigenvalue weighted by Crippen LogP contribution is -2.42. The molecule has 3 N–H and O–H groups in total. The summed E-state index contributed by atoms with van der Waals surface area (Å²) in [6.07, 6.45) is 1.57. The summed E-state index contributed by atoms with van der Waals surface area (Å²) in [5.74, 6) is -1.60. The molecule has 7 heteroatoms. The summed E-state index contributed by atoms with van der Waals surface area (Å²) >= 11 is 0. The van der Waals surface area contributed by atoms with Crippen molar-refractivity contribution in [2.24, 2.45) is 0 Å². The predicted molar refractivity (Wildman–Crippen MR) is 75.7 cm³/mol. The molecule has 0 spiro atoms. The van der Waals surface area contributed by atoms with E-state index in [1.54, 1.807) is 11.9 Å². The Labute approximate surface area is 122 Å². The molecule has 0 bridgehead atoms. The molecule has 7 nitrogen and oxygen atoms in total. The molecule has 0 unspecified atom stereocenters. The average Bonchev–Trinajstić information content (AvgIpc) is 2.47. The van der Waals surface area contributed by atoms with Crippen LogP contribution in [0, 0.1) is 0 Å². The molecule has 2 rings (SSSR count). The lowest BCUT2D eigenvalue weighted by Gasteiger charge is -2.31. The van der Waals surface area contributed by atoms with E-state index in [0.717, 1.165) is 12.8 Å². The molecule has 2 amide bonds. The molecular weight excluding hydrogens is 276 g/mol. The van der Waals surface area contributed by atoms with Crippen LogP contribution in [-0.2, 0) is 4.74 Å². The van der Waals surface area contributed by atoms with Gasteiger partial charge in [0.1, 0.15) is 11.3 Å². The number of rotatable bonds is 3. The predicted octanol–water partition coefficient (Wildman–Crippen LogP) is 1.73. The summed E-state index contributed by atoms with van der Waals surface area (Å²) in [4.78, 5) is 24.5. The average molecular weight is 294 g/mol. The molecule has 114 valence electrons. The van der Waals surface area contributed by atoms with Gasteiger partial charge in [0.2, 0.25) is 0 Å². The van der Waals surface area contributed by atoms with E-state index < -0.39 is 5.97 Å². The van der Waals surface area contributed by atoms with Crippen LogP contribution in [0.2, 0.25) is 0 Å². The van der Waals surface area contributed by atoms with Crippen molar-refractivity contribution >= 4 is 17.7 Å². The first-order valence-corrected chi connectivity index (χ1v) is 6.67. The number of amides is 2. The van der Waals surface area contributed by atoms with Crippen LogP contribution in [0.25, 0.3) is 0 Å². The molecule has 1 saturated heterocycles. The van der Waals surface area contributed by atoms with Gasteiger partial charge < -0.3 is 25.2 Å². The van der Waals surface area contributed by atoms with Crippen LogP contribution in [0.15, 0.2) is 18.2 Å². The van der Waals surface area contributed by atoms with Gasteiger partial charge in [0.05, 0.1) is 0 Å². The molecule has 1 aromatic rings. The zero-order chi connectivity index (χ0) is 15.4. The van der Waals surface area contributed by atoms with Gasteiger partial charge in [-0.3, -0.25) is 0 Å². The molecule has 0 atom stereocenters. The van der Waals surface area contributed by atoms with E-state index in [1.165, 1.54) is 18.2 Å². The maximum absolute atomic E-state index is 12.1. The standard InChI is InChI=1S/C14H18N2O5/c1-16(10-4-6-21-7-5-10)14(20)15-9-2-3-11(13(18)19)12(17)8-9/h2-3,8,10,17H,4-7H2,1H3,(H,15,20)(H,18,19). The minimum absolute atomic E-state index is 0.116. The minimum Gasteiger partial charge on any atom is -0.507 e. The fourth-order valence-corrected chi connectivity index (χ4v) is 2.24. The number of nitrogens with one attached hydrogen (secondary N) is 1. The van der Waals surface area contributed by atoms with Crippen LogP contribution in [-0.4, -0.2) is 53.4 Å². The number of anilines is 1. The third kappa shape index (κ3) is 3.63. The zero-order valence-corrected chi connectivity index (χ0v) is 11.7. The van der Waals surface area contributed by atoms with E-state index in [0.29, 0.717) is 18.9 Å². The topological polar surface area (TPSA) is 99.1 Å². The summed E-state index contributed by atoms with van der Waals surface area (Å²) in [5.41, 5.74) is 0.146. The van der Waals surface area contributed by atoms with Gasteiger partial charge in [0.25, 0.3) is 0 Å². The van der Waals surface area contributed by atoms with Crippen molar-refractivity contribution in [1.82, 2.24) is 4.90 Å². The van der Waals surface area contributed by atoms with Crippen molar-refractivity contribution < 1.29 is 24.5 Å². The van der Waals surface area contributed by atoms with Crippen molar-refractivity contribution in [2.45, 2.75) is 18.9 Å². The summed E-state index contributed by atoms with van der Waals surface area (Å²) < 4.78 is 5.25. The quantitative estimate of drug-likeness (QED) is 0.788. The van der Waals surface area contributed by atoms with Crippen LogP contribution < -0.4 is 5.32 Å². The third-order valence-electron chi connectivity index (χ3n) is 3.54. The molecule has 0 aliphatic carbocycles. The normalized spacial score (nSPS) is 15.5. The maximum Gasteiger partial charge on any atom is 0.339 e. The van der Waals surface area contributed by atoms with Crippen LogP contribution in [0.4, 0.5) is 10.5 Å². The van der Waals surface area contributed by atoms with Crippen LogP contribution >= 0.6 is 0 Å². The van der Waals surface area contributed by atoms with Crippen molar-refractivity contribution in [3.8, 4) is 5.75 Å². The molecule has 0 radical (unpaired) electrons. The fourth-order valence-electron chi connectivity index (χ4n) is 2.24. The highest BCUT2D eigenvalue weighted by Crippen LogP contribution is 2.22. The Balaban J connectivity index is 2.01. The largest absolute Gasteiger partial charge is 0.507 e. The first kappa shape index (κ1) is 15.1. The lowest BCUT2D eigenvalue weighted by atomic mass is 10.1. The van der Waals surface area contributed by atoms with E-state index in [2.05, 4.69) is 5.32 Å². The second-order valence-corrected chi connectivity index (χ2v) is 4.92. The summed E-state index contributed by atoms with van der Waals surface area (Å²) in [6, 6.07) is 3.73. The van der Waals surface area contributed by atoms with Gasteiger partial charge in [-0.2, -0.15) is 0 Å². The first-order chi connectivity index (χ1) is 9.99. The number of phenols is 1. The Morgan fingerprint density at radius 1 is 1.33 bits per heavy atom. The van der Waals surface area contributed by atoms with Gasteiger partial charge in [-0.25, -0.2) is 9.59 Å². The molecular formula is C14H18N2O5. The monoisotopic (exact) mass is 294 g/mol. The van der Waals surface area contributed by atoms with Crippen LogP contribution in [0.3, 0.4) is 0 Å². The highest BCUT2D eigenvalue weighted by molar-refractivity contribution is 5.94. The Morgan fingerprint density at radius 3 is 2.57 bits per heavy atom. The zero-order valence-electron chi connectivity index (χ0n) is 11.7. The number of aromatic carboxylic acids is 1. The van der Waals surface area contributed by atoms with E-state index in [-0.39, 0.29) is 23.4 Å². The number of nitrogens with zero attached hydrogens (tertiary/aromatic N) is 1. The summed E-state index contributed by atoms with van der Waals surface area (Å²) in [7, 11) is 1.71. The molecule has 1 aliphatic rings. The van der Waals surface area contributed by atoms with Crippen molar-refractivity contribution in [3.63, 3.8) is 0 Å². The molecule has 0 aromatic heterocycles. The van der Waals surface area contributed by atoms with Crippen molar-refractivity contribution in [2.75, 3.05) is 25.6 Å². The van der Waals surface area contributed by atoms with Gasteiger partial charge in [0.15, 0.2) is 0 Å². The van der Waals surface area contributed by atoms with Gasteiger partial charge in [-0.1, -0.05) is 0 Å². The SMILES string of the molecule is CN(C(=O)Nc1ccc(C(=O)O)c(O)c1)C1CCOCC1. The smallest absolute Gasteiger partial charge is 0.339 e. The number of hydrogen-bond acceptors (Lipinski definition) is 4. The van der Waals surface area contributed by atoms with Crippen LogP contribution in [0.5, 0.6) is 5.75 Å². The molecule has 1 aliphatic heterocycles. The van der Waals surface area contributed by atoms with E-state index >= 15 is 0 Å². The number of urea groups is 1. The highest BCUT2D eigenvalue weighted by atomic mass is 16.5. The van der Waals surface area contributed by atoms with Crippen molar-refractivity contribution in [1.29, 1.82) is 0 Å². The molecule has 21 heavy (non-hydrogen) atoms. The number of ether oxygens (including phenoxy) is 1. The summed E-state index contributed by atoms with van der Waals surface area (Å²) in [5, 5.41) is 21.1. The number of benzene rings is 1. The summed E-state index contributed by atoms with van der Waals surface area (Å²) in [6.45, 7) is 1.27.